The predicted molar refractivity (Wildman–Crippen MR) is 82.5 cm³/mol. The largest absolute Gasteiger partial charge is 0.430 e. The summed E-state index contributed by atoms with van der Waals surface area (Å²) in [5.74, 6) is -1.37. The highest BCUT2D eigenvalue weighted by atomic mass is 35.5. The molecular weight excluding hydrogens is 345 g/mol. The van der Waals surface area contributed by atoms with Gasteiger partial charge in [-0.25, -0.2) is 4.98 Å². The van der Waals surface area contributed by atoms with Gasteiger partial charge in [0.2, 0.25) is 0 Å². The Balaban J connectivity index is 2.15. The Labute approximate surface area is 141 Å². The summed E-state index contributed by atoms with van der Waals surface area (Å²) in [4.78, 5) is 17.5. The second-order valence-electron chi connectivity index (χ2n) is 6.02. The summed E-state index contributed by atoms with van der Waals surface area (Å²) < 4.78 is 40.7. The van der Waals surface area contributed by atoms with Crippen molar-refractivity contribution in [3.63, 3.8) is 0 Å². The van der Waals surface area contributed by atoms with Crippen molar-refractivity contribution in [3.05, 3.63) is 34.6 Å². The summed E-state index contributed by atoms with van der Waals surface area (Å²) in [7, 11) is 0. The number of allylic oxidation sites excluding steroid dienone is 1. The van der Waals surface area contributed by atoms with E-state index in [0.29, 0.717) is 24.3 Å². The van der Waals surface area contributed by atoms with Gasteiger partial charge in [0.15, 0.2) is 0 Å². The van der Waals surface area contributed by atoms with Gasteiger partial charge in [-0.15, -0.1) is 0 Å². The molecule has 0 radical (unpaired) electrons. The van der Waals surface area contributed by atoms with Gasteiger partial charge in [-0.3, -0.25) is 9.69 Å². The second kappa shape index (κ2) is 6.04. The molecule has 1 amide bonds. The molecule has 4 nitrogen and oxygen atoms in total. The molecule has 1 atom stereocenters. The molecule has 2 heterocycles. The SMILES string of the molecule is O=C1N(c2ccc(Cl)cn2)C2=C(CCCCCC2)C1(O)C(F)(F)F. The standard InChI is InChI=1S/C16H16ClF3N2O2/c17-10-7-8-13(21-9-10)22-12-6-4-2-1-3-5-11(12)15(24,14(22)23)16(18,19)20/h7-9,24H,1-6H2. The lowest BCUT2D eigenvalue weighted by Crippen LogP contribution is -2.54. The van der Waals surface area contributed by atoms with E-state index in [1.165, 1.54) is 18.3 Å². The summed E-state index contributed by atoms with van der Waals surface area (Å²) in [5.41, 5.74) is -3.49. The van der Waals surface area contributed by atoms with Crippen LogP contribution in [0.2, 0.25) is 5.02 Å². The zero-order valence-corrected chi connectivity index (χ0v) is 13.5. The molecular formula is C16H16ClF3N2O2. The van der Waals surface area contributed by atoms with Crippen molar-refractivity contribution in [2.45, 2.75) is 50.3 Å². The quantitative estimate of drug-likeness (QED) is 0.824. The van der Waals surface area contributed by atoms with Crippen LogP contribution in [-0.4, -0.2) is 27.8 Å². The third-order valence-electron chi connectivity index (χ3n) is 4.51. The van der Waals surface area contributed by atoms with Crippen LogP contribution in [-0.2, 0) is 4.79 Å². The monoisotopic (exact) mass is 360 g/mol. The third kappa shape index (κ3) is 2.59. The molecule has 0 bridgehead atoms. The number of aliphatic hydroxyl groups is 1. The fourth-order valence-corrected chi connectivity index (χ4v) is 3.44. The van der Waals surface area contributed by atoms with Crippen LogP contribution >= 0.6 is 11.6 Å². The first-order valence-corrected chi connectivity index (χ1v) is 8.12. The van der Waals surface area contributed by atoms with Crippen LogP contribution in [0.1, 0.15) is 38.5 Å². The van der Waals surface area contributed by atoms with E-state index in [4.69, 9.17) is 11.6 Å². The molecule has 8 heteroatoms. The highest BCUT2D eigenvalue weighted by Crippen LogP contribution is 2.49. The van der Waals surface area contributed by atoms with E-state index in [0.717, 1.165) is 17.7 Å². The fourth-order valence-electron chi connectivity index (χ4n) is 3.33. The Morgan fingerprint density at radius 3 is 2.42 bits per heavy atom. The number of carbonyl (C=O) groups excluding carboxylic acids is 1. The summed E-state index contributed by atoms with van der Waals surface area (Å²) in [6.45, 7) is 0. The number of hydrogen-bond donors (Lipinski definition) is 1. The number of hydrogen-bond acceptors (Lipinski definition) is 3. The molecule has 1 N–H and O–H groups in total. The number of nitrogens with zero attached hydrogens (tertiary/aromatic N) is 2. The summed E-state index contributed by atoms with van der Waals surface area (Å²) in [5, 5.41) is 10.7. The van der Waals surface area contributed by atoms with Crippen LogP contribution in [0, 0.1) is 0 Å². The maximum atomic E-state index is 13.6. The Morgan fingerprint density at radius 2 is 1.83 bits per heavy atom. The maximum Gasteiger partial charge on any atom is 0.430 e. The Bertz CT molecular complexity index is 688. The van der Waals surface area contributed by atoms with Crippen molar-refractivity contribution in [2.75, 3.05) is 4.90 Å². The van der Waals surface area contributed by atoms with E-state index in [1.807, 2.05) is 0 Å². The number of pyridine rings is 1. The van der Waals surface area contributed by atoms with E-state index < -0.39 is 17.7 Å². The average Bonchev–Trinajstić information content (AvgIpc) is 2.69. The number of anilines is 1. The third-order valence-corrected chi connectivity index (χ3v) is 4.73. The van der Waals surface area contributed by atoms with Crippen molar-refractivity contribution >= 4 is 23.3 Å². The molecule has 0 saturated heterocycles. The van der Waals surface area contributed by atoms with E-state index in [-0.39, 0.29) is 23.5 Å². The molecule has 1 unspecified atom stereocenters. The van der Waals surface area contributed by atoms with Gasteiger partial charge in [-0.1, -0.05) is 24.4 Å². The van der Waals surface area contributed by atoms with Crippen molar-refractivity contribution in [1.29, 1.82) is 0 Å². The van der Waals surface area contributed by atoms with E-state index in [2.05, 4.69) is 4.98 Å². The van der Waals surface area contributed by atoms with Gasteiger partial charge < -0.3 is 5.11 Å². The lowest BCUT2D eigenvalue weighted by atomic mass is 9.87. The van der Waals surface area contributed by atoms with E-state index in [9.17, 15) is 23.1 Å². The molecule has 1 aromatic rings. The van der Waals surface area contributed by atoms with E-state index in [1.54, 1.807) is 0 Å². The maximum absolute atomic E-state index is 13.6. The second-order valence-corrected chi connectivity index (χ2v) is 6.46. The number of rotatable bonds is 1. The smallest absolute Gasteiger partial charge is 0.369 e. The number of aromatic nitrogens is 1. The Morgan fingerprint density at radius 1 is 1.17 bits per heavy atom. The zero-order chi connectivity index (χ0) is 17.5. The molecule has 2 aliphatic rings. The number of alkyl halides is 3. The fraction of sp³-hybridized carbons (Fsp3) is 0.500. The van der Waals surface area contributed by atoms with E-state index >= 15 is 0 Å². The molecule has 3 rings (SSSR count). The van der Waals surface area contributed by atoms with Gasteiger partial charge in [-0.05, 0) is 37.8 Å². The van der Waals surface area contributed by atoms with Gasteiger partial charge in [0.1, 0.15) is 5.82 Å². The average molecular weight is 361 g/mol. The normalized spacial score (nSPS) is 25.5. The molecule has 1 aromatic heterocycles. The molecule has 0 saturated carbocycles. The number of halogens is 4. The van der Waals surface area contributed by atoms with Gasteiger partial charge >= 0.3 is 6.18 Å². The van der Waals surface area contributed by atoms with Crippen molar-refractivity contribution in [3.8, 4) is 0 Å². The van der Waals surface area contributed by atoms with Crippen molar-refractivity contribution in [1.82, 2.24) is 4.98 Å². The summed E-state index contributed by atoms with van der Waals surface area (Å²) in [6, 6.07) is 2.83. The molecule has 0 fully saturated rings. The number of amides is 1. The van der Waals surface area contributed by atoms with Gasteiger partial charge in [0, 0.05) is 17.5 Å². The van der Waals surface area contributed by atoms with Crippen molar-refractivity contribution < 1.29 is 23.1 Å². The van der Waals surface area contributed by atoms with Crippen LogP contribution in [0.15, 0.2) is 29.6 Å². The van der Waals surface area contributed by atoms with Crippen LogP contribution < -0.4 is 4.90 Å². The first kappa shape index (κ1) is 17.2. The molecule has 130 valence electrons. The lowest BCUT2D eigenvalue weighted by Gasteiger charge is -2.27. The van der Waals surface area contributed by atoms with Gasteiger partial charge in [0.05, 0.1) is 5.02 Å². The van der Waals surface area contributed by atoms with Crippen LogP contribution in [0.5, 0.6) is 0 Å². The van der Waals surface area contributed by atoms with Gasteiger partial charge in [0.25, 0.3) is 11.5 Å². The topological polar surface area (TPSA) is 53.4 Å². The van der Waals surface area contributed by atoms with Crippen LogP contribution in [0.4, 0.5) is 19.0 Å². The van der Waals surface area contributed by atoms with Crippen LogP contribution in [0.25, 0.3) is 0 Å². The first-order valence-electron chi connectivity index (χ1n) is 7.74. The first-order chi connectivity index (χ1) is 11.3. The minimum Gasteiger partial charge on any atom is -0.369 e. The lowest BCUT2D eigenvalue weighted by molar-refractivity contribution is -0.235. The Kier molecular flexibility index (Phi) is 4.34. The zero-order valence-electron chi connectivity index (χ0n) is 12.7. The summed E-state index contributed by atoms with van der Waals surface area (Å²) in [6.07, 6.45) is -0.666. The molecule has 24 heavy (non-hydrogen) atoms. The predicted octanol–water partition coefficient (Wildman–Crippen LogP) is 3.98. The van der Waals surface area contributed by atoms with Crippen LogP contribution in [0.3, 0.4) is 0 Å². The minimum absolute atomic E-state index is 0.0395. The highest BCUT2D eigenvalue weighted by molar-refractivity contribution is 6.30. The molecule has 1 aliphatic heterocycles. The molecule has 1 aliphatic carbocycles. The molecule has 0 spiro atoms. The summed E-state index contributed by atoms with van der Waals surface area (Å²) >= 11 is 5.76. The van der Waals surface area contributed by atoms with Crippen molar-refractivity contribution in [2.24, 2.45) is 0 Å². The molecule has 0 aromatic carbocycles. The minimum atomic E-state index is -5.08. The highest BCUT2D eigenvalue weighted by Gasteiger charge is 2.67. The number of carbonyl (C=O) groups is 1. The van der Waals surface area contributed by atoms with Gasteiger partial charge in [-0.2, -0.15) is 13.2 Å². The Hall–Kier alpha value is -1.60.